The van der Waals surface area contributed by atoms with Gasteiger partial charge in [0.25, 0.3) is 0 Å². The number of anilines is 2. The Labute approximate surface area is 183 Å². The average Bonchev–Trinajstić information content (AvgIpc) is 2.79. The van der Waals surface area contributed by atoms with Crippen LogP contribution in [0, 0.1) is 6.92 Å². The number of hydrogen-bond acceptors (Lipinski definition) is 7. The zero-order valence-electron chi connectivity index (χ0n) is 18.1. The number of nitrogens with zero attached hydrogens (tertiary/aromatic N) is 5. The summed E-state index contributed by atoms with van der Waals surface area (Å²) in [5.74, 6) is 1.47. The van der Waals surface area contributed by atoms with Crippen LogP contribution in [-0.4, -0.2) is 67.7 Å². The highest BCUT2D eigenvalue weighted by atomic mass is 32.2. The lowest BCUT2D eigenvalue weighted by molar-refractivity contribution is 0.101. The van der Waals surface area contributed by atoms with E-state index >= 15 is 0 Å². The van der Waals surface area contributed by atoms with E-state index in [1.807, 2.05) is 13.0 Å². The summed E-state index contributed by atoms with van der Waals surface area (Å²) in [6, 6.07) is 8.27. The number of sulfonamides is 1. The molecule has 0 bridgehead atoms. The Hall–Kier alpha value is -2.52. The van der Waals surface area contributed by atoms with Crippen LogP contribution in [0.15, 0.2) is 35.2 Å². The van der Waals surface area contributed by atoms with Crippen molar-refractivity contribution in [3.8, 4) is 0 Å². The first-order valence-corrected chi connectivity index (χ1v) is 12.3. The molecule has 0 amide bonds. The van der Waals surface area contributed by atoms with Crippen LogP contribution in [0.25, 0.3) is 0 Å². The molecule has 0 aliphatic carbocycles. The fraction of sp³-hybridized carbons (Fsp3) is 0.500. The molecule has 4 rings (SSSR count). The van der Waals surface area contributed by atoms with Crippen LogP contribution in [0.2, 0.25) is 0 Å². The molecule has 2 aliphatic rings. The molecule has 166 valence electrons. The fourth-order valence-corrected chi connectivity index (χ4v) is 5.58. The Morgan fingerprint density at radius 2 is 1.61 bits per heavy atom. The van der Waals surface area contributed by atoms with Gasteiger partial charge in [-0.25, -0.2) is 13.4 Å². The minimum atomic E-state index is -3.65. The maximum Gasteiger partial charge on any atom is 0.243 e. The minimum Gasteiger partial charge on any atom is -0.356 e. The Kier molecular flexibility index (Phi) is 6.24. The quantitative estimate of drug-likeness (QED) is 0.656. The van der Waals surface area contributed by atoms with Crippen molar-refractivity contribution < 1.29 is 13.2 Å². The van der Waals surface area contributed by atoms with Gasteiger partial charge in [-0.05, 0) is 45.2 Å². The van der Waals surface area contributed by atoms with E-state index in [0.29, 0.717) is 37.7 Å². The van der Waals surface area contributed by atoms with Gasteiger partial charge in [0.1, 0.15) is 5.82 Å². The zero-order valence-corrected chi connectivity index (χ0v) is 18.9. The van der Waals surface area contributed by atoms with E-state index in [1.54, 1.807) is 18.2 Å². The third-order valence-corrected chi connectivity index (χ3v) is 7.80. The molecule has 0 unspecified atom stereocenters. The molecule has 9 heteroatoms. The van der Waals surface area contributed by atoms with Crippen molar-refractivity contribution in [2.24, 2.45) is 0 Å². The molecule has 8 nitrogen and oxygen atoms in total. The van der Waals surface area contributed by atoms with Crippen LogP contribution in [0.3, 0.4) is 0 Å². The molecular weight excluding hydrogens is 414 g/mol. The summed E-state index contributed by atoms with van der Waals surface area (Å²) in [6.07, 6.45) is 3.62. The summed E-state index contributed by atoms with van der Waals surface area (Å²) in [7, 11) is -3.65. The maximum absolute atomic E-state index is 13.1. The molecule has 0 saturated carbocycles. The molecule has 0 atom stereocenters. The van der Waals surface area contributed by atoms with Gasteiger partial charge in [-0.1, -0.05) is 12.1 Å². The molecule has 31 heavy (non-hydrogen) atoms. The Morgan fingerprint density at radius 3 is 2.29 bits per heavy atom. The summed E-state index contributed by atoms with van der Waals surface area (Å²) < 4.78 is 27.6. The van der Waals surface area contributed by atoms with Gasteiger partial charge in [-0.2, -0.15) is 9.29 Å². The topological polar surface area (TPSA) is 86.7 Å². The molecule has 2 aromatic rings. The van der Waals surface area contributed by atoms with Gasteiger partial charge in [0, 0.05) is 56.6 Å². The van der Waals surface area contributed by atoms with Crippen LogP contribution in [-0.2, 0) is 10.0 Å². The van der Waals surface area contributed by atoms with E-state index in [1.165, 1.54) is 36.6 Å². The van der Waals surface area contributed by atoms with Crippen molar-refractivity contribution >= 4 is 27.6 Å². The van der Waals surface area contributed by atoms with Gasteiger partial charge in [0.05, 0.1) is 4.90 Å². The molecule has 0 spiro atoms. The van der Waals surface area contributed by atoms with Crippen molar-refractivity contribution in [2.45, 2.75) is 38.0 Å². The minimum absolute atomic E-state index is 0.150. The molecular formula is C22H29N5O3S. The summed E-state index contributed by atoms with van der Waals surface area (Å²) in [6.45, 7) is 7.18. The monoisotopic (exact) mass is 443 g/mol. The molecule has 0 radical (unpaired) electrons. The van der Waals surface area contributed by atoms with Gasteiger partial charge in [0.2, 0.25) is 16.0 Å². The van der Waals surface area contributed by atoms with Gasteiger partial charge >= 0.3 is 0 Å². The molecule has 1 aromatic heterocycles. The molecule has 2 aliphatic heterocycles. The largest absolute Gasteiger partial charge is 0.356 e. The predicted octanol–water partition coefficient (Wildman–Crippen LogP) is 2.49. The van der Waals surface area contributed by atoms with Gasteiger partial charge in [-0.15, -0.1) is 0 Å². The van der Waals surface area contributed by atoms with Gasteiger partial charge in [0.15, 0.2) is 5.78 Å². The summed E-state index contributed by atoms with van der Waals surface area (Å²) in [4.78, 5) is 25.6. The molecule has 0 N–H and O–H groups in total. The number of Topliss-reactive ketones (excluding diaryl/α,β-unsaturated/α-hetero) is 1. The normalized spacial score (nSPS) is 18.3. The van der Waals surface area contributed by atoms with Crippen molar-refractivity contribution in [3.63, 3.8) is 0 Å². The van der Waals surface area contributed by atoms with Crippen molar-refractivity contribution in [1.82, 2.24) is 14.3 Å². The van der Waals surface area contributed by atoms with Crippen molar-refractivity contribution in [1.29, 1.82) is 0 Å². The predicted molar refractivity (Wildman–Crippen MR) is 120 cm³/mol. The number of ketones is 1. The van der Waals surface area contributed by atoms with Gasteiger partial charge < -0.3 is 9.80 Å². The number of carbonyl (C=O) groups excluding carboxylic acids is 1. The fourth-order valence-electron chi connectivity index (χ4n) is 4.12. The number of rotatable bonds is 5. The van der Waals surface area contributed by atoms with E-state index in [-0.39, 0.29) is 10.7 Å². The standard InChI is InChI=1S/C22H29N5O3S/c1-17-15-21(25-9-4-3-5-10-25)24-22(23-17)26-11-13-27(14-12-26)31(29,30)20-8-6-7-19(16-20)18(2)28/h6-8,15-16H,3-5,9-14H2,1-2H3. The number of piperidine rings is 1. The maximum atomic E-state index is 13.1. The zero-order chi connectivity index (χ0) is 22.0. The lowest BCUT2D eigenvalue weighted by Crippen LogP contribution is -2.49. The Morgan fingerprint density at radius 1 is 0.903 bits per heavy atom. The highest BCUT2D eigenvalue weighted by Crippen LogP contribution is 2.24. The second-order valence-electron chi connectivity index (χ2n) is 8.19. The molecule has 3 heterocycles. The molecule has 1 aromatic carbocycles. The van der Waals surface area contributed by atoms with Crippen LogP contribution >= 0.6 is 0 Å². The SMILES string of the molecule is CC(=O)c1cccc(S(=O)(=O)N2CCN(c3nc(C)cc(N4CCCCC4)n3)CC2)c1. The van der Waals surface area contributed by atoms with E-state index in [0.717, 1.165) is 24.6 Å². The summed E-state index contributed by atoms with van der Waals surface area (Å²) >= 11 is 0. The highest BCUT2D eigenvalue weighted by Gasteiger charge is 2.30. The Balaban J connectivity index is 1.48. The third-order valence-electron chi connectivity index (χ3n) is 5.91. The first-order chi connectivity index (χ1) is 14.8. The van der Waals surface area contributed by atoms with E-state index in [9.17, 15) is 13.2 Å². The number of aryl methyl sites for hydroxylation is 1. The lowest BCUT2D eigenvalue weighted by atomic mass is 10.1. The summed E-state index contributed by atoms with van der Waals surface area (Å²) in [5.41, 5.74) is 1.32. The van der Waals surface area contributed by atoms with Crippen LogP contribution in [0.5, 0.6) is 0 Å². The van der Waals surface area contributed by atoms with E-state index in [2.05, 4.69) is 14.8 Å². The van der Waals surface area contributed by atoms with Crippen LogP contribution in [0.4, 0.5) is 11.8 Å². The van der Waals surface area contributed by atoms with E-state index in [4.69, 9.17) is 4.98 Å². The van der Waals surface area contributed by atoms with Crippen molar-refractivity contribution in [3.05, 3.63) is 41.6 Å². The smallest absolute Gasteiger partial charge is 0.243 e. The highest BCUT2D eigenvalue weighted by molar-refractivity contribution is 7.89. The summed E-state index contributed by atoms with van der Waals surface area (Å²) in [5, 5.41) is 0. The number of benzene rings is 1. The first-order valence-electron chi connectivity index (χ1n) is 10.8. The van der Waals surface area contributed by atoms with Crippen LogP contribution in [0.1, 0.15) is 42.2 Å². The third kappa shape index (κ3) is 4.72. The van der Waals surface area contributed by atoms with Crippen LogP contribution < -0.4 is 9.80 Å². The molecule has 2 fully saturated rings. The lowest BCUT2D eigenvalue weighted by Gasteiger charge is -2.35. The number of hydrogen-bond donors (Lipinski definition) is 0. The van der Waals surface area contributed by atoms with E-state index < -0.39 is 10.0 Å². The average molecular weight is 444 g/mol. The number of piperazine rings is 1. The van der Waals surface area contributed by atoms with Crippen molar-refractivity contribution in [2.75, 3.05) is 49.1 Å². The number of carbonyl (C=O) groups is 1. The molecule has 2 saturated heterocycles. The second kappa shape index (κ2) is 8.92. The Bertz CT molecular complexity index is 1060. The second-order valence-corrected chi connectivity index (χ2v) is 10.1. The first kappa shape index (κ1) is 21.7. The van der Waals surface area contributed by atoms with Gasteiger partial charge in [-0.3, -0.25) is 4.79 Å². The number of aromatic nitrogens is 2.